The Hall–Kier alpha value is -3.28. The van der Waals surface area contributed by atoms with Gasteiger partial charge in [-0.15, -0.1) is 0 Å². The molecule has 0 atom stereocenters. The summed E-state index contributed by atoms with van der Waals surface area (Å²) in [6, 6.07) is 14.7. The maximum absolute atomic E-state index is 12.4. The number of nitrogens with one attached hydrogen (secondary N) is 2. The summed E-state index contributed by atoms with van der Waals surface area (Å²) in [7, 11) is 0. The van der Waals surface area contributed by atoms with Gasteiger partial charge >= 0.3 is 11.3 Å². The second-order valence-electron chi connectivity index (χ2n) is 7.53. The third-order valence-electron chi connectivity index (χ3n) is 5.24. The van der Waals surface area contributed by atoms with Gasteiger partial charge in [0.15, 0.2) is 5.52 Å². The zero-order chi connectivity index (χ0) is 20.4. The largest absolute Gasteiger partial charge is 0.413 e. The summed E-state index contributed by atoms with van der Waals surface area (Å²) in [5, 5.41) is 0. The molecule has 0 saturated carbocycles. The molecule has 0 radical (unpaired) electrons. The molecule has 6 nitrogen and oxygen atoms in total. The normalized spacial score (nSPS) is 11.4. The van der Waals surface area contributed by atoms with E-state index in [4.69, 9.17) is 0 Å². The average Bonchev–Trinajstić information content (AvgIpc) is 2.70. The van der Waals surface area contributed by atoms with Gasteiger partial charge in [0.1, 0.15) is 5.52 Å². The van der Waals surface area contributed by atoms with Crippen LogP contribution < -0.4 is 15.8 Å². The summed E-state index contributed by atoms with van der Waals surface area (Å²) >= 11 is 0. The third-order valence-corrected chi connectivity index (χ3v) is 5.24. The molecule has 0 aliphatic rings. The molecule has 0 aliphatic carbocycles. The van der Waals surface area contributed by atoms with Gasteiger partial charge in [0.25, 0.3) is 5.56 Å². The van der Waals surface area contributed by atoms with E-state index >= 15 is 0 Å². The number of benzene rings is 2. The Bertz CT molecular complexity index is 1290. The van der Waals surface area contributed by atoms with E-state index in [1.165, 1.54) is 16.7 Å². The number of hydrogen-bond donors (Lipinski definition) is 2. The number of hydrogen-bond acceptors (Lipinski definition) is 3. The molecule has 0 aliphatic heterocycles. The first-order chi connectivity index (χ1) is 14.0. The highest BCUT2D eigenvalue weighted by Crippen LogP contribution is 2.15. The molecule has 29 heavy (non-hydrogen) atoms. The monoisotopic (exact) mass is 389 g/mol. The zero-order valence-electron chi connectivity index (χ0n) is 16.8. The number of rotatable bonds is 6. The molecule has 2 aromatic heterocycles. The highest BCUT2D eigenvalue weighted by Gasteiger charge is 2.18. The van der Waals surface area contributed by atoms with E-state index in [0.717, 1.165) is 36.7 Å². The summed E-state index contributed by atoms with van der Waals surface area (Å²) in [6.45, 7) is 4.89. The van der Waals surface area contributed by atoms with E-state index in [1.807, 2.05) is 16.7 Å². The maximum Gasteiger partial charge on any atom is 0.413 e. The van der Waals surface area contributed by atoms with E-state index in [0.29, 0.717) is 12.2 Å². The lowest BCUT2D eigenvalue weighted by Gasteiger charge is -2.09. The molecule has 2 heterocycles. The lowest BCUT2D eigenvalue weighted by atomic mass is 10.1. The van der Waals surface area contributed by atoms with Crippen molar-refractivity contribution in [3.63, 3.8) is 0 Å². The van der Waals surface area contributed by atoms with Crippen molar-refractivity contribution in [1.29, 1.82) is 0 Å². The Morgan fingerprint density at radius 3 is 2.48 bits per heavy atom. The molecule has 0 saturated heterocycles. The van der Waals surface area contributed by atoms with Gasteiger partial charge in [-0.25, -0.2) is 14.3 Å². The first kappa shape index (κ1) is 19.1. The molecule has 2 aromatic carbocycles. The van der Waals surface area contributed by atoms with Crippen LogP contribution in [0.2, 0.25) is 0 Å². The minimum Gasteiger partial charge on any atom is -0.267 e. The van der Waals surface area contributed by atoms with E-state index in [9.17, 15) is 9.59 Å². The molecule has 4 aromatic rings. The zero-order valence-corrected chi connectivity index (χ0v) is 16.8. The number of aromatic amines is 2. The fourth-order valence-corrected chi connectivity index (χ4v) is 3.77. The summed E-state index contributed by atoms with van der Waals surface area (Å²) in [5.41, 5.74) is 5.17. The van der Waals surface area contributed by atoms with E-state index in [2.05, 4.69) is 59.1 Å². The Labute approximate surface area is 168 Å². The van der Waals surface area contributed by atoms with Crippen LogP contribution in [0.5, 0.6) is 0 Å². The van der Waals surface area contributed by atoms with Crippen molar-refractivity contribution < 1.29 is 4.57 Å². The summed E-state index contributed by atoms with van der Waals surface area (Å²) in [4.78, 5) is 33.9. The molecule has 6 heteroatoms. The Kier molecular flexibility index (Phi) is 5.25. The first-order valence-corrected chi connectivity index (χ1v) is 10.1. The van der Waals surface area contributed by atoms with Crippen molar-refractivity contribution in [2.24, 2.45) is 0 Å². The van der Waals surface area contributed by atoms with Crippen LogP contribution >= 0.6 is 0 Å². The summed E-state index contributed by atoms with van der Waals surface area (Å²) in [6.07, 6.45) is 3.81. The summed E-state index contributed by atoms with van der Waals surface area (Å²) < 4.78 is 2.01. The minimum atomic E-state index is -0.515. The van der Waals surface area contributed by atoms with Crippen molar-refractivity contribution in [3.8, 4) is 0 Å². The van der Waals surface area contributed by atoms with Gasteiger partial charge in [-0.2, -0.15) is 4.98 Å². The smallest absolute Gasteiger partial charge is 0.267 e. The lowest BCUT2D eigenvalue weighted by molar-refractivity contribution is -0.648. The van der Waals surface area contributed by atoms with Gasteiger partial charge in [-0.1, -0.05) is 49.2 Å². The van der Waals surface area contributed by atoms with Crippen LogP contribution in [0.1, 0.15) is 36.5 Å². The van der Waals surface area contributed by atoms with Crippen LogP contribution in [0.25, 0.3) is 22.2 Å². The highest BCUT2D eigenvalue weighted by molar-refractivity contribution is 5.79. The van der Waals surface area contributed by atoms with Gasteiger partial charge in [0.2, 0.25) is 5.52 Å². The topological polar surface area (TPSA) is 82.5 Å². The predicted molar refractivity (Wildman–Crippen MR) is 114 cm³/mol. The number of aryl methyl sites for hydroxylation is 4. The summed E-state index contributed by atoms with van der Waals surface area (Å²) in [5.74, 6) is 0. The second-order valence-corrected chi connectivity index (χ2v) is 7.53. The van der Waals surface area contributed by atoms with Crippen molar-refractivity contribution in [1.82, 2.24) is 15.0 Å². The van der Waals surface area contributed by atoms with Crippen molar-refractivity contribution in [2.45, 2.75) is 46.1 Å². The van der Waals surface area contributed by atoms with Crippen molar-refractivity contribution in [2.75, 3.05) is 0 Å². The fraction of sp³-hybridized carbons (Fsp3) is 0.304. The SMILES string of the molecule is CCCc1ccc2c(c1)nc1c(=O)[nH]c(=O)[nH]c1[n+]2CCCc1ccc(C)cc1. The van der Waals surface area contributed by atoms with E-state index < -0.39 is 11.2 Å². The Morgan fingerprint density at radius 1 is 0.966 bits per heavy atom. The number of aromatic nitrogens is 4. The van der Waals surface area contributed by atoms with Crippen LogP contribution in [-0.2, 0) is 19.4 Å². The molecule has 0 amide bonds. The molecule has 2 N–H and O–H groups in total. The minimum absolute atomic E-state index is 0.265. The van der Waals surface area contributed by atoms with E-state index in [1.54, 1.807) is 0 Å². The van der Waals surface area contributed by atoms with Crippen LogP contribution in [-0.4, -0.2) is 15.0 Å². The Morgan fingerprint density at radius 2 is 1.72 bits per heavy atom. The van der Waals surface area contributed by atoms with Crippen molar-refractivity contribution in [3.05, 3.63) is 80.0 Å². The lowest BCUT2D eigenvalue weighted by Crippen LogP contribution is -2.40. The molecule has 148 valence electrons. The molecule has 0 unspecified atom stereocenters. The molecular formula is C23H25N4O2+. The molecule has 0 bridgehead atoms. The number of H-pyrrole nitrogens is 2. The van der Waals surface area contributed by atoms with Gasteiger partial charge in [0.05, 0.1) is 6.54 Å². The van der Waals surface area contributed by atoms with Gasteiger partial charge < -0.3 is 0 Å². The third kappa shape index (κ3) is 3.97. The van der Waals surface area contributed by atoms with Crippen LogP contribution in [0.15, 0.2) is 52.1 Å². The molecule has 0 spiro atoms. The second kappa shape index (κ2) is 7.99. The highest BCUT2D eigenvalue weighted by atomic mass is 16.2. The fourth-order valence-electron chi connectivity index (χ4n) is 3.77. The number of fused-ring (bicyclic) bond motifs is 2. The van der Waals surface area contributed by atoms with Crippen molar-refractivity contribution >= 4 is 22.2 Å². The molecular weight excluding hydrogens is 364 g/mol. The van der Waals surface area contributed by atoms with Gasteiger partial charge in [-0.05, 0) is 49.4 Å². The average molecular weight is 389 g/mol. The van der Waals surface area contributed by atoms with Crippen LogP contribution in [0.4, 0.5) is 0 Å². The van der Waals surface area contributed by atoms with Gasteiger partial charge in [0, 0.05) is 0 Å². The standard InChI is InChI=1S/C23H24N4O2/c1-3-5-17-11-12-19-18(14-17)24-20-21(25-23(29)26-22(20)28)27(19)13-4-6-16-9-7-15(2)8-10-16/h7-12,14H,3-6,13H2,1-2H3,(H,26,28,29)/p+1. The Balaban J connectivity index is 1.78. The predicted octanol–water partition coefficient (Wildman–Crippen LogP) is 2.95. The van der Waals surface area contributed by atoms with Crippen LogP contribution in [0, 0.1) is 6.92 Å². The van der Waals surface area contributed by atoms with Crippen LogP contribution in [0.3, 0.4) is 0 Å². The first-order valence-electron chi connectivity index (χ1n) is 10.1. The molecule has 4 rings (SSSR count). The van der Waals surface area contributed by atoms with E-state index in [-0.39, 0.29) is 5.52 Å². The number of nitrogens with zero attached hydrogens (tertiary/aromatic N) is 2. The maximum atomic E-state index is 12.4. The molecule has 0 fully saturated rings. The quantitative estimate of drug-likeness (QED) is 0.393. The van der Waals surface area contributed by atoms with Gasteiger partial charge in [-0.3, -0.25) is 9.78 Å².